The third kappa shape index (κ3) is 5.19. The summed E-state index contributed by atoms with van der Waals surface area (Å²) in [5.41, 5.74) is 0. The topological polar surface area (TPSA) is 48.0 Å². The van der Waals surface area contributed by atoms with E-state index in [1.807, 2.05) is 12.1 Å². The predicted molar refractivity (Wildman–Crippen MR) is 79.8 cm³/mol. The Hall–Kier alpha value is -1.30. The van der Waals surface area contributed by atoms with Crippen LogP contribution in [0.2, 0.25) is 5.02 Å². The van der Waals surface area contributed by atoms with Crippen molar-refractivity contribution < 1.29 is 19.0 Å². The van der Waals surface area contributed by atoms with E-state index < -0.39 is 6.10 Å². The molecule has 1 aliphatic rings. The molecule has 0 aliphatic carbocycles. The first-order chi connectivity index (χ1) is 10.2. The average molecular weight is 314 g/mol. The zero-order valence-electron chi connectivity index (χ0n) is 12.1. The van der Waals surface area contributed by atoms with Crippen molar-refractivity contribution in [3.05, 3.63) is 29.3 Å². The fourth-order valence-corrected chi connectivity index (χ4v) is 2.31. The molecule has 1 unspecified atom stereocenters. The van der Waals surface area contributed by atoms with Gasteiger partial charge in [0.15, 0.2) is 6.10 Å². The number of esters is 1. The Balaban J connectivity index is 1.66. The fraction of sp³-hybridized carbons (Fsp3) is 0.533. The Morgan fingerprint density at radius 1 is 1.43 bits per heavy atom. The molecule has 116 valence electrons. The predicted octanol–water partition coefficient (Wildman–Crippen LogP) is 1.98. The Kier molecular flexibility index (Phi) is 6.29. The van der Waals surface area contributed by atoms with E-state index in [-0.39, 0.29) is 5.97 Å². The summed E-state index contributed by atoms with van der Waals surface area (Å²) in [5.74, 6) is 0.505. The molecule has 0 spiro atoms. The first-order valence-electron chi connectivity index (χ1n) is 6.99. The van der Waals surface area contributed by atoms with Crippen molar-refractivity contribution in [1.82, 2.24) is 4.90 Å². The number of methoxy groups -OCH3 is 1. The van der Waals surface area contributed by atoms with Gasteiger partial charge in [0, 0.05) is 24.7 Å². The van der Waals surface area contributed by atoms with E-state index in [4.69, 9.17) is 25.8 Å². The van der Waals surface area contributed by atoms with E-state index in [9.17, 15) is 4.79 Å². The number of hydrogen-bond donors (Lipinski definition) is 0. The van der Waals surface area contributed by atoms with Crippen molar-refractivity contribution in [2.75, 3.05) is 40.0 Å². The summed E-state index contributed by atoms with van der Waals surface area (Å²) >= 11 is 5.81. The van der Waals surface area contributed by atoms with Crippen molar-refractivity contribution in [2.45, 2.75) is 12.5 Å². The third-order valence-electron chi connectivity index (χ3n) is 3.32. The van der Waals surface area contributed by atoms with Crippen LogP contribution in [0.4, 0.5) is 0 Å². The van der Waals surface area contributed by atoms with Crippen LogP contribution in [-0.2, 0) is 14.3 Å². The van der Waals surface area contributed by atoms with Gasteiger partial charge in [-0.05, 0) is 30.7 Å². The van der Waals surface area contributed by atoms with E-state index in [1.54, 1.807) is 12.1 Å². The lowest BCUT2D eigenvalue weighted by molar-refractivity contribution is -0.159. The van der Waals surface area contributed by atoms with Crippen molar-refractivity contribution in [3.8, 4) is 5.75 Å². The van der Waals surface area contributed by atoms with E-state index in [0.717, 1.165) is 25.3 Å². The Morgan fingerprint density at radius 2 is 2.19 bits per heavy atom. The molecule has 1 aromatic carbocycles. The summed E-state index contributed by atoms with van der Waals surface area (Å²) in [6, 6.07) is 7.31. The maximum atomic E-state index is 11.4. The highest BCUT2D eigenvalue weighted by Gasteiger charge is 2.26. The molecule has 0 bridgehead atoms. The first kappa shape index (κ1) is 16.1. The number of nitrogens with zero attached hydrogens (tertiary/aromatic N) is 1. The monoisotopic (exact) mass is 313 g/mol. The molecule has 1 fully saturated rings. The van der Waals surface area contributed by atoms with Crippen LogP contribution in [0.5, 0.6) is 5.75 Å². The molecular weight excluding hydrogens is 294 g/mol. The van der Waals surface area contributed by atoms with Crippen LogP contribution in [0.15, 0.2) is 24.3 Å². The SMILES string of the molecule is COC(=O)C1CN(CCCOc2ccc(Cl)cc2)CCO1. The average Bonchev–Trinajstić information content (AvgIpc) is 2.53. The quantitative estimate of drug-likeness (QED) is 0.594. The van der Waals surface area contributed by atoms with Crippen molar-refractivity contribution in [3.63, 3.8) is 0 Å². The highest BCUT2D eigenvalue weighted by Crippen LogP contribution is 2.15. The molecule has 0 amide bonds. The summed E-state index contributed by atoms with van der Waals surface area (Å²) in [6.45, 7) is 3.45. The van der Waals surface area contributed by atoms with Gasteiger partial charge in [-0.3, -0.25) is 4.90 Å². The molecule has 1 saturated heterocycles. The van der Waals surface area contributed by atoms with E-state index in [2.05, 4.69) is 4.90 Å². The van der Waals surface area contributed by atoms with Crippen molar-refractivity contribution >= 4 is 17.6 Å². The van der Waals surface area contributed by atoms with Crippen LogP contribution in [0.25, 0.3) is 0 Å². The summed E-state index contributed by atoms with van der Waals surface area (Å²) < 4.78 is 15.7. The molecule has 1 heterocycles. The van der Waals surface area contributed by atoms with Crippen molar-refractivity contribution in [2.24, 2.45) is 0 Å². The number of rotatable bonds is 6. The molecule has 0 N–H and O–H groups in total. The van der Waals surface area contributed by atoms with Gasteiger partial charge in [-0.15, -0.1) is 0 Å². The number of ether oxygens (including phenoxy) is 3. The van der Waals surface area contributed by atoms with Gasteiger partial charge < -0.3 is 14.2 Å². The summed E-state index contributed by atoms with van der Waals surface area (Å²) in [5, 5.41) is 0.699. The number of hydrogen-bond acceptors (Lipinski definition) is 5. The Labute approximate surface area is 129 Å². The number of halogens is 1. The molecule has 1 aliphatic heterocycles. The second-order valence-corrected chi connectivity index (χ2v) is 5.28. The molecule has 6 heteroatoms. The normalized spacial score (nSPS) is 19.2. The van der Waals surface area contributed by atoms with Crippen LogP contribution < -0.4 is 4.74 Å². The summed E-state index contributed by atoms with van der Waals surface area (Å²) in [4.78, 5) is 13.6. The van der Waals surface area contributed by atoms with Crippen molar-refractivity contribution in [1.29, 1.82) is 0 Å². The minimum atomic E-state index is -0.471. The van der Waals surface area contributed by atoms with E-state index >= 15 is 0 Å². The van der Waals surface area contributed by atoms with Crippen LogP contribution in [0, 0.1) is 0 Å². The highest BCUT2D eigenvalue weighted by molar-refractivity contribution is 6.30. The minimum Gasteiger partial charge on any atom is -0.494 e. The Morgan fingerprint density at radius 3 is 2.90 bits per heavy atom. The van der Waals surface area contributed by atoms with Crippen LogP contribution >= 0.6 is 11.6 Å². The molecule has 1 atom stereocenters. The lowest BCUT2D eigenvalue weighted by Crippen LogP contribution is -2.46. The van der Waals surface area contributed by atoms with E-state index in [0.29, 0.717) is 24.8 Å². The maximum absolute atomic E-state index is 11.4. The van der Waals surface area contributed by atoms with E-state index in [1.165, 1.54) is 7.11 Å². The zero-order chi connectivity index (χ0) is 15.1. The maximum Gasteiger partial charge on any atom is 0.336 e. The molecule has 1 aromatic rings. The Bertz CT molecular complexity index is 451. The van der Waals surface area contributed by atoms with Gasteiger partial charge in [-0.1, -0.05) is 11.6 Å². The molecular formula is C15H20ClNO4. The molecule has 5 nitrogen and oxygen atoms in total. The minimum absolute atomic E-state index is 0.308. The largest absolute Gasteiger partial charge is 0.494 e. The van der Waals surface area contributed by atoms with Gasteiger partial charge >= 0.3 is 5.97 Å². The van der Waals surface area contributed by atoms with Gasteiger partial charge in [0.25, 0.3) is 0 Å². The second kappa shape index (κ2) is 8.22. The summed E-state index contributed by atoms with van der Waals surface area (Å²) in [6.07, 6.45) is 0.414. The summed E-state index contributed by atoms with van der Waals surface area (Å²) in [7, 11) is 1.38. The lowest BCUT2D eigenvalue weighted by atomic mass is 10.2. The standard InChI is InChI=1S/C15H20ClNO4/c1-19-15(18)14-11-17(8-10-21-14)7-2-9-20-13-5-3-12(16)4-6-13/h3-6,14H,2,7-11H2,1H3. The zero-order valence-corrected chi connectivity index (χ0v) is 12.8. The fourth-order valence-electron chi connectivity index (χ4n) is 2.19. The molecule has 0 saturated carbocycles. The van der Waals surface area contributed by atoms with Gasteiger partial charge in [0.1, 0.15) is 5.75 Å². The second-order valence-electron chi connectivity index (χ2n) is 4.84. The van der Waals surface area contributed by atoms with Gasteiger partial charge in [0.2, 0.25) is 0 Å². The smallest absolute Gasteiger partial charge is 0.336 e. The molecule has 0 aromatic heterocycles. The first-order valence-corrected chi connectivity index (χ1v) is 7.37. The van der Waals surface area contributed by atoms with Gasteiger partial charge in [-0.2, -0.15) is 0 Å². The number of benzene rings is 1. The third-order valence-corrected chi connectivity index (χ3v) is 3.57. The molecule has 21 heavy (non-hydrogen) atoms. The van der Waals surface area contributed by atoms with Crippen LogP contribution in [-0.4, -0.2) is 56.9 Å². The number of carbonyl (C=O) groups excluding carboxylic acids is 1. The van der Waals surface area contributed by atoms with Gasteiger partial charge in [-0.25, -0.2) is 4.79 Å². The lowest BCUT2D eigenvalue weighted by Gasteiger charge is -2.31. The number of morpholine rings is 1. The van der Waals surface area contributed by atoms with Gasteiger partial charge in [0.05, 0.1) is 20.3 Å². The van der Waals surface area contributed by atoms with Crippen LogP contribution in [0.3, 0.4) is 0 Å². The molecule has 2 rings (SSSR count). The number of carbonyl (C=O) groups is 1. The van der Waals surface area contributed by atoms with Crippen LogP contribution in [0.1, 0.15) is 6.42 Å². The molecule has 0 radical (unpaired) electrons. The highest BCUT2D eigenvalue weighted by atomic mass is 35.5.